The Morgan fingerprint density at radius 3 is 2.67 bits per heavy atom. The van der Waals surface area contributed by atoms with Gasteiger partial charge in [-0.25, -0.2) is 14.5 Å². The van der Waals surface area contributed by atoms with E-state index in [2.05, 4.69) is 30.9 Å². The molecule has 3 saturated carbocycles. The van der Waals surface area contributed by atoms with Crippen molar-refractivity contribution in [3.63, 3.8) is 0 Å². The fourth-order valence-corrected chi connectivity index (χ4v) is 5.31. The largest absolute Gasteiger partial charge is 0.441 e. The van der Waals surface area contributed by atoms with Crippen molar-refractivity contribution in [2.75, 3.05) is 17.7 Å². The Morgan fingerprint density at radius 2 is 2.00 bits per heavy atom. The molecule has 1 unspecified atom stereocenters. The summed E-state index contributed by atoms with van der Waals surface area (Å²) >= 11 is 6.09. The van der Waals surface area contributed by atoms with E-state index in [1.807, 2.05) is 0 Å². The van der Waals surface area contributed by atoms with Gasteiger partial charge in [-0.1, -0.05) is 22.9 Å². The lowest BCUT2D eigenvalue weighted by atomic mass is 9.78. The predicted molar refractivity (Wildman–Crippen MR) is 131 cm³/mol. The van der Waals surface area contributed by atoms with Crippen LogP contribution in [0.5, 0.6) is 0 Å². The zero-order valence-corrected chi connectivity index (χ0v) is 20.8. The van der Waals surface area contributed by atoms with Crippen LogP contribution < -0.4 is 10.6 Å². The molecule has 2 N–H and O–H groups in total. The number of carbonyl (C=O) groups excluding carboxylic acids is 2. The summed E-state index contributed by atoms with van der Waals surface area (Å²) in [4.78, 5) is 33.8. The van der Waals surface area contributed by atoms with Crippen LogP contribution in [0.3, 0.4) is 0 Å². The third kappa shape index (κ3) is 4.51. The summed E-state index contributed by atoms with van der Waals surface area (Å²) < 4.78 is 12.5. The molecular weight excluding hydrogens is 486 g/mol. The van der Waals surface area contributed by atoms with Crippen LogP contribution in [-0.2, 0) is 21.3 Å². The van der Waals surface area contributed by atoms with E-state index < -0.39 is 12.2 Å². The first-order valence-corrected chi connectivity index (χ1v) is 12.0. The van der Waals surface area contributed by atoms with E-state index in [1.165, 1.54) is 4.68 Å². The summed E-state index contributed by atoms with van der Waals surface area (Å²) in [6.07, 6.45) is 4.42. The van der Waals surface area contributed by atoms with E-state index in [0.29, 0.717) is 34.4 Å². The number of fused-ring (bicyclic) bond motifs is 1. The number of hydrogen-bond acceptors (Lipinski definition) is 8. The molecule has 188 valence electrons. The van der Waals surface area contributed by atoms with Gasteiger partial charge in [0.25, 0.3) is 0 Å². The fourth-order valence-electron chi connectivity index (χ4n) is 5.04. The third-order valence-electron chi connectivity index (χ3n) is 7.03. The highest BCUT2D eigenvalue weighted by atomic mass is 35.5. The van der Waals surface area contributed by atoms with Crippen molar-refractivity contribution in [3.05, 3.63) is 47.4 Å². The molecule has 3 aromatic heterocycles. The third-order valence-corrected chi connectivity index (χ3v) is 7.35. The van der Waals surface area contributed by atoms with Crippen LogP contribution in [0, 0.1) is 11.8 Å². The lowest BCUT2D eigenvalue weighted by molar-refractivity contribution is -0.120. The lowest BCUT2D eigenvalue weighted by Gasteiger charge is -2.36. The quantitative estimate of drug-likeness (QED) is 0.455. The van der Waals surface area contributed by atoms with Crippen LogP contribution in [0.2, 0.25) is 5.15 Å². The Labute approximate surface area is 212 Å². The van der Waals surface area contributed by atoms with Crippen molar-refractivity contribution in [1.29, 1.82) is 0 Å². The molecule has 3 fully saturated rings. The molecule has 0 saturated heterocycles. The van der Waals surface area contributed by atoms with Gasteiger partial charge in [0.15, 0.2) is 11.5 Å². The Balaban J connectivity index is 1.23. The standard InChI is InChI=1S/C24H26ClN7O4/c1-13(16-5-4-8-26-20(16)25)36-23(34)29-21-19(30-31-32(21)2)18-7-6-15(12-27-18)28-22(33)17-11-24(35-3)9-14(17)10-24/h4-8,12-14,17H,9-11H2,1-3H3,(H,28,33)(H,29,34)/t13-,14?,17?,24?/m1/s1. The van der Waals surface area contributed by atoms with Gasteiger partial charge >= 0.3 is 6.09 Å². The molecule has 36 heavy (non-hydrogen) atoms. The number of aryl methyl sites for hydroxylation is 1. The van der Waals surface area contributed by atoms with Crippen molar-refractivity contribution in [2.45, 2.75) is 37.9 Å². The van der Waals surface area contributed by atoms with Crippen LogP contribution in [0.4, 0.5) is 16.3 Å². The van der Waals surface area contributed by atoms with Crippen LogP contribution in [0.25, 0.3) is 11.4 Å². The summed E-state index contributed by atoms with van der Waals surface area (Å²) in [7, 11) is 3.35. The zero-order valence-electron chi connectivity index (χ0n) is 20.1. The van der Waals surface area contributed by atoms with Gasteiger partial charge in [0.1, 0.15) is 11.3 Å². The molecule has 2 amide bonds. The average Bonchev–Trinajstić information content (AvgIpc) is 3.52. The molecule has 3 aromatic rings. The number of aromatic nitrogens is 5. The van der Waals surface area contributed by atoms with Crippen LogP contribution in [-0.4, -0.2) is 49.7 Å². The number of nitrogens with one attached hydrogen (secondary N) is 2. The molecule has 2 bridgehead atoms. The number of halogens is 1. The van der Waals surface area contributed by atoms with Gasteiger partial charge in [-0.3, -0.25) is 15.1 Å². The highest BCUT2D eigenvalue weighted by molar-refractivity contribution is 6.30. The maximum absolute atomic E-state index is 12.8. The van der Waals surface area contributed by atoms with Crippen molar-refractivity contribution in [1.82, 2.24) is 25.0 Å². The molecule has 0 aliphatic heterocycles. The zero-order chi connectivity index (χ0) is 25.4. The fraction of sp³-hybridized carbons (Fsp3) is 0.417. The molecule has 3 aliphatic carbocycles. The average molecular weight is 512 g/mol. The molecule has 0 radical (unpaired) electrons. The summed E-state index contributed by atoms with van der Waals surface area (Å²) in [5.74, 6) is 0.625. The molecule has 12 heteroatoms. The number of carbonyl (C=O) groups is 2. The van der Waals surface area contributed by atoms with Gasteiger partial charge in [0, 0.05) is 31.8 Å². The monoisotopic (exact) mass is 511 g/mol. The number of anilines is 2. The van der Waals surface area contributed by atoms with Crippen LogP contribution in [0.1, 0.15) is 37.9 Å². The lowest BCUT2D eigenvalue weighted by Crippen LogP contribution is -2.37. The minimum atomic E-state index is -0.707. The summed E-state index contributed by atoms with van der Waals surface area (Å²) in [5.41, 5.74) is 1.88. The van der Waals surface area contributed by atoms with Crippen LogP contribution in [0.15, 0.2) is 36.7 Å². The molecule has 0 spiro atoms. The molecule has 0 aromatic carbocycles. The molecule has 3 heterocycles. The van der Waals surface area contributed by atoms with E-state index in [9.17, 15) is 9.59 Å². The van der Waals surface area contributed by atoms with E-state index >= 15 is 0 Å². The van der Waals surface area contributed by atoms with Gasteiger partial charge in [0.2, 0.25) is 5.91 Å². The topological polar surface area (TPSA) is 133 Å². The minimum absolute atomic E-state index is 0.0154. The maximum atomic E-state index is 12.8. The SMILES string of the molecule is COC12CC(C1)C(C(=O)Nc1ccc(-c3nnn(C)c3NC(=O)O[C@H](C)c3cccnc3Cl)nc1)C2. The summed E-state index contributed by atoms with van der Waals surface area (Å²) in [5, 5.41) is 14.0. The first-order chi connectivity index (χ1) is 17.3. The van der Waals surface area contributed by atoms with Gasteiger partial charge in [-0.15, -0.1) is 5.10 Å². The molecule has 6 rings (SSSR count). The number of amides is 2. The van der Waals surface area contributed by atoms with E-state index in [0.717, 1.165) is 19.3 Å². The smallest absolute Gasteiger partial charge is 0.413 e. The second-order valence-corrected chi connectivity index (χ2v) is 9.61. The van der Waals surface area contributed by atoms with Gasteiger partial charge in [0.05, 0.1) is 23.2 Å². The summed E-state index contributed by atoms with van der Waals surface area (Å²) in [6, 6.07) is 6.90. The number of nitrogens with zero attached hydrogens (tertiary/aromatic N) is 5. The predicted octanol–water partition coefficient (Wildman–Crippen LogP) is 3.99. The Kier molecular flexibility index (Phi) is 6.35. The number of hydrogen-bond donors (Lipinski definition) is 2. The highest BCUT2D eigenvalue weighted by Crippen LogP contribution is 2.57. The van der Waals surface area contributed by atoms with Crippen molar-refractivity contribution in [2.24, 2.45) is 18.9 Å². The van der Waals surface area contributed by atoms with Crippen molar-refractivity contribution >= 4 is 35.1 Å². The Bertz CT molecular complexity index is 1290. The number of pyridine rings is 2. The normalized spacial score (nSPS) is 23.0. The van der Waals surface area contributed by atoms with Gasteiger partial charge in [-0.05, 0) is 50.3 Å². The van der Waals surface area contributed by atoms with E-state index in [4.69, 9.17) is 21.1 Å². The maximum Gasteiger partial charge on any atom is 0.413 e. The molecule has 11 nitrogen and oxygen atoms in total. The van der Waals surface area contributed by atoms with E-state index in [-0.39, 0.29) is 22.6 Å². The Morgan fingerprint density at radius 1 is 1.19 bits per heavy atom. The van der Waals surface area contributed by atoms with Crippen molar-refractivity contribution < 1.29 is 19.1 Å². The first-order valence-electron chi connectivity index (χ1n) is 11.6. The highest BCUT2D eigenvalue weighted by Gasteiger charge is 2.58. The first kappa shape index (κ1) is 24.1. The second-order valence-electron chi connectivity index (χ2n) is 9.25. The van der Waals surface area contributed by atoms with Crippen molar-refractivity contribution in [3.8, 4) is 11.4 Å². The summed E-state index contributed by atoms with van der Waals surface area (Å²) in [6.45, 7) is 1.70. The Hall–Kier alpha value is -3.57. The number of ether oxygens (including phenoxy) is 2. The van der Waals surface area contributed by atoms with Gasteiger partial charge in [-0.2, -0.15) is 0 Å². The second kappa shape index (κ2) is 9.47. The minimum Gasteiger partial charge on any atom is -0.441 e. The van der Waals surface area contributed by atoms with Crippen LogP contribution >= 0.6 is 11.6 Å². The van der Waals surface area contributed by atoms with E-state index in [1.54, 1.807) is 57.7 Å². The molecule has 3 aliphatic rings. The molecule has 2 atom stereocenters. The number of rotatable bonds is 7. The number of methoxy groups -OCH3 is 1. The van der Waals surface area contributed by atoms with Gasteiger partial charge < -0.3 is 14.8 Å². The molecular formula is C24H26ClN7O4.